The van der Waals surface area contributed by atoms with Gasteiger partial charge in [0.1, 0.15) is 0 Å². The second kappa shape index (κ2) is 5.88. The second-order valence-electron chi connectivity index (χ2n) is 4.65. The number of fused-ring (bicyclic) bond motifs is 1. The summed E-state index contributed by atoms with van der Waals surface area (Å²) >= 11 is 15.5. The second-order valence-corrected chi connectivity index (χ2v) is 6.41. The van der Waals surface area contributed by atoms with Crippen LogP contribution in [-0.4, -0.2) is 16.1 Å². The van der Waals surface area contributed by atoms with E-state index in [-0.39, 0.29) is 5.56 Å². The Hall–Kier alpha value is -1.62. The Morgan fingerprint density at radius 2 is 1.86 bits per heavy atom. The lowest BCUT2D eigenvalue weighted by Crippen LogP contribution is -2.00. The van der Waals surface area contributed by atoms with Gasteiger partial charge in [0.15, 0.2) is 0 Å². The van der Waals surface area contributed by atoms with E-state index < -0.39 is 5.97 Å². The van der Waals surface area contributed by atoms with Crippen LogP contribution >= 0.6 is 39.1 Å². The number of nitrogens with zero attached hydrogens (tertiary/aromatic N) is 1. The molecular formula is C16H8BrCl2NO2. The molecule has 2 aromatic carbocycles. The topological polar surface area (TPSA) is 50.2 Å². The van der Waals surface area contributed by atoms with Crippen molar-refractivity contribution >= 4 is 56.0 Å². The van der Waals surface area contributed by atoms with E-state index in [1.165, 1.54) is 6.07 Å². The molecule has 6 heteroatoms. The van der Waals surface area contributed by atoms with Gasteiger partial charge in [-0.1, -0.05) is 39.1 Å². The van der Waals surface area contributed by atoms with E-state index in [1.807, 2.05) is 6.07 Å². The molecule has 1 N–H and O–H groups in total. The third-order valence-corrected chi connectivity index (χ3v) is 4.26. The molecule has 3 nitrogen and oxygen atoms in total. The first-order valence-electron chi connectivity index (χ1n) is 6.25. The van der Waals surface area contributed by atoms with Crippen molar-refractivity contribution in [3.8, 4) is 11.3 Å². The Morgan fingerprint density at radius 3 is 2.59 bits per heavy atom. The van der Waals surface area contributed by atoms with Gasteiger partial charge in [-0.05, 0) is 42.5 Å². The minimum absolute atomic E-state index is 0.164. The summed E-state index contributed by atoms with van der Waals surface area (Å²) in [7, 11) is 0. The molecule has 0 saturated heterocycles. The normalized spacial score (nSPS) is 10.9. The van der Waals surface area contributed by atoms with Crippen LogP contribution in [0, 0.1) is 0 Å². The van der Waals surface area contributed by atoms with Gasteiger partial charge in [0.05, 0.1) is 21.8 Å². The van der Waals surface area contributed by atoms with Crippen LogP contribution in [-0.2, 0) is 0 Å². The minimum Gasteiger partial charge on any atom is -0.478 e. The summed E-state index contributed by atoms with van der Waals surface area (Å²) in [6, 6.07) is 11.8. The van der Waals surface area contributed by atoms with Crippen molar-refractivity contribution in [1.29, 1.82) is 0 Å². The number of carbonyl (C=O) groups is 1. The molecule has 0 saturated carbocycles. The van der Waals surface area contributed by atoms with E-state index in [1.54, 1.807) is 30.3 Å². The average molecular weight is 397 g/mol. The van der Waals surface area contributed by atoms with Gasteiger partial charge in [0.25, 0.3) is 0 Å². The lowest BCUT2D eigenvalue weighted by atomic mass is 10.0. The summed E-state index contributed by atoms with van der Waals surface area (Å²) in [5.74, 6) is -1.02. The zero-order valence-electron chi connectivity index (χ0n) is 11.0. The van der Waals surface area contributed by atoms with E-state index in [2.05, 4.69) is 20.9 Å². The maximum absolute atomic E-state index is 11.6. The Kier molecular flexibility index (Phi) is 4.08. The number of halogens is 3. The van der Waals surface area contributed by atoms with Crippen LogP contribution in [0.1, 0.15) is 10.4 Å². The number of carboxylic acid groups (broad SMARTS) is 1. The summed E-state index contributed by atoms with van der Waals surface area (Å²) in [4.78, 5) is 16.1. The van der Waals surface area contributed by atoms with Gasteiger partial charge >= 0.3 is 5.97 Å². The number of aromatic carboxylic acids is 1. The number of pyridine rings is 1. The summed E-state index contributed by atoms with van der Waals surface area (Å²) in [5, 5.41) is 11.0. The maximum atomic E-state index is 11.6. The van der Waals surface area contributed by atoms with Crippen LogP contribution in [0.25, 0.3) is 22.2 Å². The van der Waals surface area contributed by atoms with Crippen LogP contribution in [0.2, 0.25) is 10.0 Å². The molecule has 0 aliphatic heterocycles. The fraction of sp³-hybridized carbons (Fsp3) is 0. The summed E-state index contributed by atoms with van der Waals surface area (Å²) in [6.45, 7) is 0. The molecule has 0 bridgehead atoms. The van der Waals surface area contributed by atoms with E-state index in [0.29, 0.717) is 32.2 Å². The minimum atomic E-state index is -1.02. The first-order valence-corrected chi connectivity index (χ1v) is 7.79. The molecule has 0 unspecified atom stereocenters. The Labute approximate surface area is 144 Å². The fourth-order valence-electron chi connectivity index (χ4n) is 2.21. The van der Waals surface area contributed by atoms with Crippen molar-refractivity contribution in [2.75, 3.05) is 0 Å². The fourth-order valence-corrected chi connectivity index (χ4v) is 2.95. The predicted octanol–water partition coefficient (Wildman–Crippen LogP) is 5.67. The zero-order valence-corrected chi connectivity index (χ0v) is 14.1. The number of carboxylic acids is 1. The van der Waals surface area contributed by atoms with Crippen molar-refractivity contribution in [3.05, 3.63) is 62.5 Å². The van der Waals surface area contributed by atoms with Gasteiger partial charge in [-0.2, -0.15) is 0 Å². The van der Waals surface area contributed by atoms with Gasteiger partial charge in [0, 0.05) is 20.4 Å². The van der Waals surface area contributed by atoms with Crippen LogP contribution in [0.3, 0.4) is 0 Å². The molecule has 0 radical (unpaired) electrons. The predicted molar refractivity (Wildman–Crippen MR) is 91.9 cm³/mol. The first-order chi connectivity index (χ1) is 10.5. The highest BCUT2D eigenvalue weighted by atomic mass is 79.9. The van der Waals surface area contributed by atoms with Crippen LogP contribution < -0.4 is 0 Å². The highest BCUT2D eigenvalue weighted by molar-refractivity contribution is 9.10. The molecule has 0 aliphatic rings. The van der Waals surface area contributed by atoms with Crippen LogP contribution in [0.4, 0.5) is 0 Å². The van der Waals surface area contributed by atoms with Gasteiger partial charge < -0.3 is 5.11 Å². The molecule has 0 aliphatic carbocycles. The first kappa shape index (κ1) is 15.3. The number of hydrogen-bond donors (Lipinski definition) is 1. The molecule has 3 aromatic rings. The smallest absolute Gasteiger partial charge is 0.336 e. The standard InChI is InChI=1S/C16H8BrCl2NO2/c17-8-1-4-14-10(5-8)11(16(21)22)7-15(20-14)12-6-9(18)2-3-13(12)19/h1-7H,(H,21,22). The van der Waals surface area contributed by atoms with Crippen molar-refractivity contribution < 1.29 is 9.90 Å². The van der Waals surface area contributed by atoms with Gasteiger partial charge in [-0.25, -0.2) is 9.78 Å². The van der Waals surface area contributed by atoms with E-state index in [0.717, 1.165) is 4.47 Å². The van der Waals surface area contributed by atoms with Gasteiger partial charge in [0.2, 0.25) is 0 Å². The zero-order chi connectivity index (χ0) is 15.9. The van der Waals surface area contributed by atoms with E-state index in [9.17, 15) is 9.90 Å². The van der Waals surface area contributed by atoms with Crippen molar-refractivity contribution in [1.82, 2.24) is 4.98 Å². The van der Waals surface area contributed by atoms with Crippen molar-refractivity contribution in [3.63, 3.8) is 0 Å². The van der Waals surface area contributed by atoms with Crippen LogP contribution in [0.15, 0.2) is 46.9 Å². The third kappa shape index (κ3) is 2.82. The molecule has 110 valence electrons. The number of rotatable bonds is 2. The summed E-state index contributed by atoms with van der Waals surface area (Å²) in [6.07, 6.45) is 0. The quantitative estimate of drug-likeness (QED) is 0.607. The molecule has 0 amide bonds. The molecule has 0 atom stereocenters. The highest BCUT2D eigenvalue weighted by Gasteiger charge is 2.15. The maximum Gasteiger partial charge on any atom is 0.336 e. The molecule has 0 fully saturated rings. The number of hydrogen-bond acceptors (Lipinski definition) is 2. The van der Waals surface area contributed by atoms with Crippen molar-refractivity contribution in [2.45, 2.75) is 0 Å². The van der Waals surface area contributed by atoms with Gasteiger partial charge in [-0.3, -0.25) is 0 Å². The molecule has 0 spiro atoms. The molecular weight excluding hydrogens is 389 g/mol. The molecule has 1 heterocycles. The lowest BCUT2D eigenvalue weighted by Gasteiger charge is -2.09. The van der Waals surface area contributed by atoms with Gasteiger partial charge in [-0.15, -0.1) is 0 Å². The molecule has 22 heavy (non-hydrogen) atoms. The van der Waals surface area contributed by atoms with Crippen LogP contribution in [0.5, 0.6) is 0 Å². The highest BCUT2D eigenvalue weighted by Crippen LogP contribution is 2.32. The Morgan fingerprint density at radius 1 is 1.09 bits per heavy atom. The largest absolute Gasteiger partial charge is 0.478 e. The third-order valence-electron chi connectivity index (χ3n) is 3.21. The molecule has 3 rings (SSSR count). The lowest BCUT2D eigenvalue weighted by molar-refractivity contribution is 0.0699. The average Bonchev–Trinajstić information content (AvgIpc) is 2.48. The monoisotopic (exact) mass is 395 g/mol. The number of benzene rings is 2. The Bertz CT molecular complexity index is 912. The summed E-state index contributed by atoms with van der Waals surface area (Å²) in [5.41, 5.74) is 1.81. The molecule has 1 aromatic heterocycles. The summed E-state index contributed by atoms with van der Waals surface area (Å²) < 4.78 is 0.790. The van der Waals surface area contributed by atoms with E-state index in [4.69, 9.17) is 23.2 Å². The van der Waals surface area contributed by atoms with Crippen molar-refractivity contribution in [2.24, 2.45) is 0 Å². The SMILES string of the molecule is O=C(O)c1cc(-c2cc(Cl)ccc2Cl)nc2ccc(Br)cc12. The van der Waals surface area contributed by atoms with E-state index >= 15 is 0 Å². The number of aromatic nitrogens is 1. The Balaban J connectivity index is 2.34.